The predicted octanol–water partition coefficient (Wildman–Crippen LogP) is 5.02. The lowest BCUT2D eigenvalue weighted by Crippen LogP contribution is -2.11. The summed E-state index contributed by atoms with van der Waals surface area (Å²) in [6, 6.07) is 16.6. The molecule has 1 N–H and O–H groups in total. The third-order valence-corrected chi connectivity index (χ3v) is 3.90. The topological polar surface area (TPSA) is 20.2 Å². The van der Waals surface area contributed by atoms with Crippen LogP contribution < -0.4 is 0 Å². The first kappa shape index (κ1) is 15.8. The minimum absolute atomic E-state index is 0.143. The number of rotatable bonds is 4. The summed E-state index contributed by atoms with van der Waals surface area (Å²) in [5.74, 6) is 0. The molecule has 2 aromatic rings. The van der Waals surface area contributed by atoms with Crippen LogP contribution in [0.1, 0.15) is 62.5 Å². The standard InChI is InChI=1S/C20H26O/c1-5-7-15-8-6-9-17(14-15)19(21)16-10-12-18(13-11-16)20(2,3)4/h6,8-14,19,21H,5,7H2,1-4H3. The van der Waals surface area contributed by atoms with Crippen LogP contribution in [0.15, 0.2) is 48.5 Å². The van der Waals surface area contributed by atoms with E-state index in [4.69, 9.17) is 0 Å². The van der Waals surface area contributed by atoms with Gasteiger partial charge < -0.3 is 5.11 Å². The second-order valence-electron chi connectivity index (χ2n) is 6.77. The van der Waals surface area contributed by atoms with E-state index in [0.717, 1.165) is 24.0 Å². The monoisotopic (exact) mass is 282 g/mol. The van der Waals surface area contributed by atoms with Crippen LogP contribution >= 0.6 is 0 Å². The minimum atomic E-state index is -0.546. The maximum Gasteiger partial charge on any atom is 0.104 e. The van der Waals surface area contributed by atoms with Gasteiger partial charge >= 0.3 is 0 Å². The van der Waals surface area contributed by atoms with Gasteiger partial charge in [0.15, 0.2) is 0 Å². The second kappa shape index (κ2) is 6.44. The summed E-state index contributed by atoms with van der Waals surface area (Å²) in [4.78, 5) is 0. The van der Waals surface area contributed by atoms with Gasteiger partial charge in [-0.1, -0.05) is 82.6 Å². The summed E-state index contributed by atoms with van der Waals surface area (Å²) >= 11 is 0. The second-order valence-corrected chi connectivity index (χ2v) is 6.77. The molecule has 0 bridgehead atoms. The molecule has 0 heterocycles. The number of aliphatic hydroxyl groups excluding tert-OH is 1. The van der Waals surface area contributed by atoms with Crippen LogP contribution in [-0.2, 0) is 11.8 Å². The van der Waals surface area contributed by atoms with E-state index in [2.05, 4.69) is 52.0 Å². The summed E-state index contributed by atoms with van der Waals surface area (Å²) in [6.07, 6.45) is 1.64. The third-order valence-electron chi connectivity index (χ3n) is 3.90. The van der Waals surface area contributed by atoms with E-state index in [9.17, 15) is 5.11 Å². The fourth-order valence-corrected chi connectivity index (χ4v) is 2.57. The zero-order valence-electron chi connectivity index (χ0n) is 13.6. The number of aliphatic hydroxyl groups is 1. The molecule has 1 unspecified atom stereocenters. The molecule has 0 spiro atoms. The maximum atomic E-state index is 10.6. The summed E-state index contributed by atoms with van der Waals surface area (Å²) in [5, 5.41) is 10.6. The van der Waals surface area contributed by atoms with Gasteiger partial charge in [0.1, 0.15) is 6.10 Å². The Labute approximate surface area is 128 Å². The van der Waals surface area contributed by atoms with Crippen LogP contribution in [0.5, 0.6) is 0 Å². The zero-order chi connectivity index (χ0) is 15.5. The van der Waals surface area contributed by atoms with E-state index in [0.29, 0.717) is 0 Å². The maximum absolute atomic E-state index is 10.6. The lowest BCUT2D eigenvalue weighted by atomic mass is 9.86. The summed E-state index contributed by atoms with van der Waals surface area (Å²) in [6.45, 7) is 8.78. The summed E-state index contributed by atoms with van der Waals surface area (Å²) < 4.78 is 0. The molecule has 0 saturated carbocycles. The molecule has 0 aliphatic carbocycles. The Balaban J connectivity index is 2.23. The van der Waals surface area contributed by atoms with Crippen molar-refractivity contribution in [2.75, 3.05) is 0 Å². The highest BCUT2D eigenvalue weighted by atomic mass is 16.3. The lowest BCUT2D eigenvalue weighted by molar-refractivity contribution is 0.220. The van der Waals surface area contributed by atoms with Gasteiger partial charge in [0.2, 0.25) is 0 Å². The molecule has 1 heteroatoms. The van der Waals surface area contributed by atoms with E-state index >= 15 is 0 Å². The first-order chi connectivity index (χ1) is 9.91. The first-order valence-electron chi connectivity index (χ1n) is 7.79. The van der Waals surface area contributed by atoms with E-state index in [1.54, 1.807) is 0 Å². The molecule has 21 heavy (non-hydrogen) atoms. The van der Waals surface area contributed by atoms with Gasteiger partial charge in [-0.15, -0.1) is 0 Å². The molecule has 1 atom stereocenters. The van der Waals surface area contributed by atoms with Crippen molar-refractivity contribution in [2.24, 2.45) is 0 Å². The molecule has 112 valence electrons. The Morgan fingerprint density at radius 1 is 0.952 bits per heavy atom. The number of hydrogen-bond donors (Lipinski definition) is 1. The Kier molecular flexibility index (Phi) is 4.84. The Bertz CT molecular complexity index is 576. The highest BCUT2D eigenvalue weighted by Crippen LogP contribution is 2.27. The van der Waals surface area contributed by atoms with E-state index in [1.807, 2.05) is 24.3 Å². The van der Waals surface area contributed by atoms with Gasteiger partial charge in [0, 0.05) is 0 Å². The molecule has 0 amide bonds. The van der Waals surface area contributed by atoms with Gasteiger partial charge in [-0.25, -0.2) is 0 Å². The van der Waals surface area contributed by atoms with Gasteiger partial charge in [-0.3, -0.25) is 0 Å². The Morgan fingerprint density at radius 3 is 2.19 bits per heavy atom. The highest BCUT2D eigenvalue weighted by Gasteiger charge is 2.15. The number of aryl methyl sites for hydroxylation is 1. The summed E-state index contributed by atoms with van der Waals surface area (Å²) in [7, 11) is 0. The SMILES string of the molecule is CCCc1cccc(C(O)c2ccc(C(C)(C)C)cc2)c1. The average molecular weight is 282 g/mol. The van der Waals surface area contributed by atoms with Crippen molar-refractivity contribution in [3.8, 4) is 0 Å². The molecular weight excluding hydrogens is 256 g/mol. The highest BCUT2D eigenvalue weighted by molar-refractivity contribution is 5.35. The van der Waals surface area contributed by atoms with Crippen LogP contribution in [0.25, 0.3) is 0 Å². The van der Waals surface area contributed by atoms with E-state index in [-0.39, 0.29) is 5.41 Å². The van der Waals surface area contributed by atoms with Gasteiger partial charge in [-0.05, 0) is 34.1 Å². The van der Waals surface area contributed by atoms with Crippen molar-refractivity contribution in [1.29, 1.82) is 0 Å². The van der Waals surface area contributed by atoms with Gasteiger partial charge in [0.25, 0.3) is 0 Å². The molecule has 0 aromatic heterocycles. The molecular formula is C20H26O. The van der Waals surface area contributed by atoms with Crippen molar-refractivity contribution >= 4 is 0 Å². The Morgan fingerprint density at radius 2 is 1.62 bits per heavy atom. The fraction of sp³-hybridized carbons (Fsp3) is 0.400. The average Bonchev–Trinajstić information content (AvgIpc) is 2.46. The minimum Gasteiger partial charge on any atom is -0.384 e. The number of benzene rings is 2. The normalized spacial score (nSPS) is 13.2. The zero-order valence-corrected chi connectivity index (χ0v) is 13.6. The van der Waals surface area contributed by atoms with Crippen molar-refractivity contribution in [1.82, 2.24) is 0 Å². The van der Waals surface area contributed by atoms with Crippen molar-refractivity contribution in [3.63, 3.8) is 0 Å². The van der Waals surface area contributed by atoms with Crippen LogP contribution in [0.3, 0.4) is 0 Å². The number of hydrogen-bond acceptors (Lipinski definition) is 1. The van der Waals surface area contributed by atoms with Crippen LogP contribution in [-0.4, -0.2) is 5.11 Å². The summed E-state index contributed by atoms with van der Waals surface area (Å²) in [5.41, 5.74) is 4.66. The van der Waals surface area contributed by atoms with E-state index < -0.39 is 6.10 Å². The Hall–Kier alpha value is -1.60. The lowest BCUT2D eigenvalue weighted by Gasteiger charge is -2.20. The molecule has 0 radical (unpaired) electrons. The predicted molar refractivity (Wildman–Crippen MR) is 89.6 cm³/mol. The quantitative estimate of drug-likeness (QED) is 0.835. The van der Waals surface area contributed by atoms with Crippen LogP contribution in [0.4, 0.5) is 0 Å². The first-order valence-corrected chi connectivity index (χ1v) is 7.79. The van der Waals surface area contributed by atoms with Crippen LogP contribution in [0.2, 0.25) is 0 Å². The molecule has 0 aliphatic heterocycles. The molecule has 0 aliphatic rings. The van der Waals surface area contributed by atoms with Crippen molar-refractivity contribution < 1.29 is 5.11 Å². The molecule has 1 nitrogen and oxygen atoms in total. The van der Waals surface area contributed by atoms with Crippen molar-refractivity contribution in [2.45, 2.75) is 52.1 Å². The van der Waals surface area contributed by atoms with E-state index in [1.165, 1.54) is 11.1 Å². The molecule has 0 fully saturated rings. The van der Waals surface area contributed by atoms with Crippen LogP contribution in [0, 0.1) is 0 Å². The fourth-order valence-electron chi connectivity index (χ4n) is 2.57. The molecule has 2 rings (SSSR count). The largest absolute Gasteiger partial charge is 0.384 e. The van der Waals surface area contributed by atoms with Gasteiger partial charge in [0.05, 0.1) is 0 Å². The van der Waals surface area contributed by atoms with Crippen molar-refractivity contribution in [3.05, 3.63) is 70.8 Å². The van der Waals surface area contributed by atoms with Gasteiger partial charge in [-0.2, -0.15) is 0 Å². The molecule has 2 aromatic carbocycles. The smallest absolute Gasteiger partial charge is 0.104 e. The molecule has 0 saturated heterocycles. The third kappa shape index (κ3) is 3.95.